The third-order valence-electron chi connectivity index (χ3n) is 4.25. The number of pyridine rings is 1. The molecule has 2 unspecified atom stereocenters. The molecule has 2 aromatic rings. The van der Waals surface area contributed by atoms with E-state index in [0.29, 0.717) is 12.1 Å². The molecule has 0 amide bonds. The van der Waals surface area contributed by atoms with Crippen LogP contribution in [0.2, 0.25) is 0 Å². The van der Waals surface area contributed by atoms with Crippen LogP contribution in [0, 0.1) is 0 Å². The van der Waals surface area contributed by atoms with E-state index in [1.54, 1.807) is 0 Å². The molecule has 100 valence electrons. The summed E-state index contributed by atoms with van der Waals surface area (Å²) < 4.78 is 0. The molecule has 1 fully saturated rings. The summed E-state index contributed by atoms with van der Waals surface area (Å²) in [7, 11) is 2.06. The predicted octanol–water partition coefficient (Wildman–Crippen LogP) is 2.81. The molecule has 1 aromatic heterocycles. The van der Waals surface area contributed by atoms with E-state index in [1.165, 1.54) is 29.3 Å². The largest absolute Gasteiger partial charge is 0.368 e. The van der Waals surface area contributed by atoms with Crippen LogP contribution >= 0.6 is 0 Å². The van der Waals surface area contributed by atoms with Crippen LogP contribution in [0.25, 0.3) is 10.8 Å². The lowest BCUT2D eigenvalue weighted by Crippen LogP contribution is -2.46. The van der Waals surface area contributed by atoms with Gasteiger partial charge < -0.3 is 10.2 Å². The summed E-state index contributed by atoms with van der Waals surface area (Å²) in [6.45, 7) is 3.43. The van der Waals surface area contributed by atoms with Gasteiger partial charge in [0.1, 0.15) is 0 Å². The molecule has 1 saturated heterocycles. The van der Waals surface area contributed by atoms with E-state index >= 15 is 0 Å². The van der Waals surface area contributed by atoms with Crippen molar-refractivity contribution in [3.05, 3.63) is 36.7 Å². The second-order valence-corrected chi connectivity index (χ2v) is 5.43. The first-order valence-electron chi connectivity index (χ1n) is 7.06. The minimum Gasteiger partial charge on any atom is -0.368 e. The third kappa shape index (κ3) is 2.30. The molecule has 2 atom stereocenters. The Bertz CT molecular complexity index is 561. The number of hydrogen-bond acceptors (Lipinski definition) is 3. The standard InChI is InChI=1S/C16H21N3/c1-12-10-14(17-2)7-9-19(12)16-5-3-4-13-6-8-18-11-15(13)16/h3-6,8,11-12,14,17H,7,9-10H2,1-2H3. The maximum absolute atomic E-state index is 4.29. The minimum absolute atomic E-state index is 0.567. The summed E-state index contributed by atoms with van der Waals surface area (Å²) in [5, 5.41) is 5.94. The Balaban J connectivity index is 1.96. The molecular weight excluding hydrogens is 234 g/mol. The fourth-order valence-corrected chi connectivity index (χ4v) is 3.14. The highest BCUT2D eigenvalue weighted by Crippen LogP contribution is 2.30. The van der Waals surface area contributed by atoms with Gasteiger partial charge in [-0.2, -0.15) is 0 Å². The number of nitrogens with one attached hydrogen (secondary N) is 1. The van der Waals surface area contributed by atoms with Crippen molar-refractivity contribution in [1.82, 2.24) is 10.3 Å². The molecule has 1 N–H and O–H groups in total. The van der Waals surface area contributed by atoms with Crippen molar-refractivity contribution < 1.29 is 0 Å². The summed E-state index contributed by atoms with van der Waals surface area (Å²) in [4.78, 5) is 6.81. The molecule has 0 bridgehead atoms. The van der Waals surface area contributed by atoms with Crippen molar-refractivity contribution in [2.24, 2.45) is 0 Å². The molecule has 3 nitrogen and oxygen atoms in total. The Kier molecular flexibility index (Phi) is 3.38. The zero-order valence-corrected chi connectivity index (χ0v) is 11.6. The number of fused-ring (bicyclic) bond motifs is 1. The number of rotatable bonds is 2. The number of benzene rings is 1. The fraction of sp³-hybridized carbons (Fsp3) is 0.438. The predicted molar refractivity (Wildman–Crippen MR) is 80.6 cm³/mol. The average molecular weight is 255 g/mol. The number of anilines is 1. The Morgan fingerprint density at radius 1 is 1.32 bits per heavy atom. The van der Waals surface area contributed by atoms with Gasteiger partial charge in [-0.1, -0.05) is 12.1 Å². The molecule has 1 aliphatic heterocycles. The fourth-order valence-electron chi connectivity index (χ4n) is 3.14. The highest BCUT2D eigenvalue weighted by atomic mass is 15.2. The molecule has 2 heterocycles. The van der Waals surface area contributed by atoms with Crippen molar-refractivity contribution in [1.29, 1.82) is 0 Å². The maximum atomic E-state index is 4.29. The lowest BCUT2D eigenvalue weighted by Gasteiger charge is -2.39. The molecule has 19 heavy (non-hydrogen) atoms. The summed E-state index contributed by atoms with van der Waals surface area (Å²) in [5.41, 5.74) is 1.33. The van der Waals surface area contributed by atoms with E-state index in [4.69, 9.17) is 0 Å². The van der Waals surface area contributed by atoms with Gasteiger partial charge in [-0.05, 0) is 44.3 Å². The number of piperidine rings is 1. The number of nitrogens with zero attached hydrogens (tertiary/aromatic N) is 2. The van der Waals surface area contributed by atoms with E-state index in [-0.39, 0.29) is 0 Å². The van der Waals surface area contributed by atoms with Gasteiger partial charge in [-0.15, -0.1) is 0 Å². The van der Waals surface area contributed by atoms with Gasteiger partial charge in [0, 0.05) is 42.1 Å². The molecule has 0 aliphatic carbocycles. The van der Waals surface area contributed by atoms with E-state index in [9.17, 15) is 0 Å². The van der Waals surface area contributed by atoms with Crippen LogP contribution in [0.4, 0.5) is 5.69 Å². The number of aromatic nitrogens is 1. The summed E-state index contributed by atoms with van der Waals surface area (Å²) in [6.07, 6.45) is 6.26. The monoisotopic (exact) mass is 255 g/mol. The molecular formula is C16H21N3. The summed E-state index contributed by atoms with van der Waals surface area (Å²) >= 11 is 0. The topological polar surface area (TPSA) is 28.2 Å². The Labute approximate surface area is 114 Å². The maximum Gasteiger partial charge on any atom is 0.0463 e. The van der Waals surface area contributed by atoms with Crippen molar-refractivity contribution >= 4 is 16.5 Å². The molecule has 3 rings (SSSR count). The Morgan fingerprint density at radius 3 is 3.00 bits per heavy atom. The summed E-state index contributed by atoms with van der Waals surface area (Å²) in [5.74, 6) is 0. The highest BCUT2D eigenvalue weighted by molar-refractivity contribution is 5.93. The molecule has 1 aliphatic rings. The molecule has 3 heteroatoms. The minimum atomic E-state index is 0.567. The smallest absolute Gasteiger partial charge is 0.0463 e. The lowest BCUT2D eigenvalue weighted by atomic mass is 9.97. The van der Waals surface area contributed by atoms with Crippen LogP contribution in [0.5, 0.6) is 0 Å². The molecule has 0 saturated carbocycles. The Hall–Kier alpha value is -1.61. The molecule has 0 radical (unpaired) electrons. The lowest BCUT2D eigenvalue weighted by molar-refractivity contribution is 0.387. The first kappa shape index (κ1) is 12.4. The Morgan fingerprint density at radius 2 is 2.21 bits per heavy atom. The second kappa shape index (κ2) is 5.17. The van der Waals surface area contributed by atoms with Gasteiger partial charge >= 0.3 is 0 Å². The van der Waals surface area contributed by atoms with Crippen LogP contribution in [-0.4, -0.2) is 30.7 Å². The van der Waals surface area contributed by atoms with Crippen molar-refractivity contribution in [3.63, 3.8) is 0 Å². The normalized spacial score (nSPS) is 23.8. The highest BCUT2D eigenvalue weighted by Gasteiger charge is 2.25. The molecule has 1 aromatic carbocycles. The van der Waals surface area contributed by atoms with E-state index in [1.807, 2.05) is 12.4 Å². The van der Waals surface area contributed by atoms with Crippen LogP contribution in [-0.2, 0) is 0 Å². The third-order valence-corrected chi connectivity index (χ3v) is 4.25. The van der Waals surface area contributed by atoms with Crippen molar-refractivity contribution in [3.8, 4) is 0 Å². The number of hydrogen-bond donors (Lipinski definition) is 1. The van der Waals surface area contributed by atoms with E-state index in [0.717, 1.165) is 6.54 Å². The second-order valence-electron chi connectivity index (χ2n) is 5.43. The zero-order valence-electron chi connectivity index (χ0n) is 11.6. The zero-order chi connectivity index (χ0) is 13.2. The quantitative estimate of drug-likeness (QED) is 0.894. The van der Waals surface area contributed by atoms with E-state index < -0.39 is 0 Å². The van der Waals surface area contributed by atoms with Gasteiger partial charge in [0.15, 0.2) is 0 Å². The van der Waals surface area contributed by atoms with Gasteiger partial charge in [0.25, 0.3) is 0 Å². The van der Waals surface area contributed by atoms with E-state index in [2.05, 4.69) is 53.4 Å². The average Bonchev–Trinajstić information content (AvgIpc) is 2.46. The van der Waals surface area contributed by atoms with Crippen molar-refractivity contribution in [2.45, 2.75) is 31.8 Å². The van der Waals surface area contributed by atoms with Gasteiger partial charge in [-0.3, -0.25) is 4.98 Å². The van der Waals surface area contributed by atoms with Gasteiger partial charge in [0.2, 0.25) is 0 Å². The molecule has 0 spiro atoms. The van der Waals surface area contributed by atoms with Gasteiger partial charge in [0.05, 0.1) is 0 Å². The summed E-state index contributed by atoms with van der Waals surface area (Å²) in [6, 6.07) is 9.83. The first-order valence-corrected chi connectivity index (χ1v) is 7.06. The van der Waals surface area contributed by atoms with Crippen LogP contribution in [0.15, 0.2) is 36.7 Å². The SMILES string of the molecule is CNC1CCN(c2cccc3ccncc23)C(C)C1. The van der Waals surface area contributed by atoms with Crippen LogP contribution < -0.4 is 10.2 Å². The van der Waals surface area contributed by atoms with Crippen LogP contribution in [0.3, 0.4) is 0 Å². The first-order chi connectivity index (χ1) is 9.29. The van der Waals surface area contributed by atoms with Crippen molar-refractivity contribution in [2.75, 3.05) is 18.5 Å². The van der Waals surface area contributed by atoms with Crippen LogP contribution in [0.1, 0.15) is 19.8 Å². The van der Waals surface area contributed by atoms with Gasteiger partial charge in [-0.25, -0.2) is 0 Å².